The number of hydrogen-bond donors (Lipinski definition) is 0. The Kier molecular flexibility index (Phi) is 4.33. The zero-order chi connectivity index (χ0) is 13.2. The largest absolute Gasteiger partial charge is 0.402 e. The monoisotopic (exact) mass is 321 g/mol. The first-order valence-electron chi connectivity index (χ1n) is 5.97. The Hall–Kier alpha value is -0.550. The van der Waals surface area contributed by atoms with Crippen molar-refractivity contribution in [1.82, 2.24) is 4.90 Å². The quantitative estimate of drug-likeness (QED) is 0.754. The molecular weight excluding hydrogens is 307 g/mol. The lowest BCUT2D eigenvalue weighted by molar-refractivity contribution is -0.130. The average molecular weight is 322 g/mol. The third-order valence-corrected chi connectivity index (χ3v) is 4.10. The maximum absolute atomic E-state index is 12.5. The van der Waals surface area contributed by atoms with Gasteiger partial charge in [-0.3, -0.25) is 0 Å². The highest BCUT2D eigenvalue weighted by atomic mass is 79.9. The lowest BCUT2D eigenvalue weighted by Gasteiger charge is -2.24. The van der Waals surface area contributed by atoms with Crippen LogP contribution in [0.5, 0.6) is 0 Å². The summed E-state index contributed by atoms with van der Waals surface area (Å²) in [5, 5.41) is 0. The van der Waals surface area contributed by atoms with Crippen LogP contribution in [0.2, 0.25) is 0 Å². The van der Waals surface area contributed by atoms with E-state index in [-0.39, 0.29) is 6.54 Å². The molecule has 2 rings (SSSR count). The number of halogens is 4. The zero-order valence-corrected chi connectivity index (χ0v) is 11.5. The van der Waals surface area contributed by atoms with Gasteiger partial charge in [-0.25, -0.2) is 0 Å². The van der Waals surface area contributed by atoms with Crippen LogP contribution in [0.3, 0.4) is 0 Å². The molecule has 100 valence electrons. The standard InChI is InChI=1S/C13H15BrF3N/c14-12(13(15,16)17)9-18-7-5-10-3-1-2-4-11(10)6-8-18/h1-4,12H,5-9H2. The highest BCUT2D eigenvalue weighted by Gasteiger charge is 2.38. The van der Waals surface area contributed by atoms with Gasteiger partial charge in [-0.2, -0.15) is 13.2 Å². The summed E-state index contributed by atoms with van der Waals surface area (Å²) in [4.78, 5) is 0.443. The first-order chi connectivity index (χ1) is 8.47. The fourth-order valence-corrected chi connectivity index (χ4v) is 2.64. The SMILES string of the molecule is FC(F)(F)C(Br)CN1CCc2ccccc2CC1. The molecule has 0 bridgehead atoms. The molecule has 1 unspecified atom stereocenters. The summed E-state index contributed by atoms with van der Waals surface area (Å²) in [6.45, 7) is 1.40. The van der Waals surface area contributed by atoms with Crippen molar-refractivity contribution in [1.29, 1.82) is 0 Å². The van der Waals surface area contributed by atoms with E-state index in [1.54, 1.807) is 0 Å². The van der Waals surface area contributed by atoms with Crippen LogP contribution in [0.1, 0.15) is 11.1 Å². The Morgan fingerprint density at radius 1 is 1.11 bits per heavy atom. The third-order valence-electron chi connectivity index (χ3n) is 3.29. The van der Waals surface area contributed by atoms with Crippen molar-refractivity contribution >= 4 is 15.9 Å². The molecule has 1 nitrogen and oxygen atoms in total. The number of hydrogen-bond acceptors (Lipinski definition) is 1. The summed E-state index contributed by atoms with van der Waals surface area (Å²) in [5.41, 5.74) is 2.52. The van der Waals surface area contributed by atoms with Gasteiger partial charge in [0.2, 0.25) is 0 Å². The molecule has 1 aliphatic rings. The van der Waals surface area contributed by atoms with Gasteiger partial charge in [0.25, 0.3) is 0 Å². The molecule has 0 saturated carbocycles. The van der Waals surface area contributed by atoms with Gasteiger partial charge in [-0.15, -0.1) is 0 Å². The topological polar surface area (TPSA) is 3.24 Å². The normalized spacial score (nSPS) is 19.1. The van der Waals surface area contributed by atoms with E-state index in [1.165, 1.54) is 11.1 Å². The minimum atomic E-state index is -4.17. The van der Waals surface area contributed by atoms with E-state index in [0.717, 1.165) is 12.8 Å². The van der Waals surface area contributed by atoms with Crippen molar-refractivity contribution < 1.29 is 13.2 Å². The van der Waals surface area contributed by atoms with E-state index >= 15 is 0 Å². The fraction of sp³-hybridized carbons (Fsp3) is 0.538. The van der Waals surface area contributed by atoms with Gasteiger partial charge in [-0.1, -0.05) is 40.2 Å². The second-order valence-corrected chi connectivity index (χ2v) is 5.68. The molecule has 18 heavy (non-hydrogen) atoms. The highest BCUT2D eigenvalue weighted by molar-refractivity contribution is 9.09. The van der Waals surface area contributed by atoms with Gasteiger partial charge < -0.3 is 4.90 Å². The summed E-state index contributed by atoms with van der Waals surface area (Å²) >= 11 is 2.73. The number of fused-ring (bicyclic) bond motifs is 1. The van der Waals surface area contributed by atoms with Gasteiger partial charge in [-0.05, 0) is 24.0 Å². The summed E-state index contributed by atoms with van der Waals surface area (Å²) in [7, 11) is 0. The molecule has 1 aromatic carbocycles. The fourth-order valence-electron chi connectivity index (χ4n) is 2.23. The van der Waals surface area contributed by atoms with E-state index in [2.05, 4.69) is 28.1 Å². The predicted octanol–water partition coefficient (Wildman–Crippen LogP) is 3.41. The summed E-state index contributed by atoms with van der Waals surface area (Å²) in [6.07, 6.45) is -2.51. The van der Waals surface area contributed by atoms with Crippen molar-refractivity contribution in [2.24, 2.45) is 0 Å². The number of rotatable bonds is 2. The first kappa shape index (κ1) is 13.9. The molecule has 0 aliphatic carbocycles. The second kappa shape index (κ2) is 5.61. The minimum absolute atomic E-state index is 0.0253. The van der Waals surface area contributed by atoms with Crippen LogP contribution >= 0.6 is 15.9 Å². The molecule has 1 heterocycles. The van der Waals surface area contributed by atoms with E-state index in [4.69, 9.17) is 0 Å². The molecule has 0 saturated heterocycles. The Morgan fingerprint density at radius 3 is 2.06 bits per heavy atom. The average Bonchev–Trinajstić information content (AvgIpc) is 2.51. The van der Waals surface area contributed by atoms with Gasteiger partial charge in [0.05, 0.1) is 0 Å². The van der Waals surface area contributed by atoms with E-state index < -0.39 is 11.0 Å². The Bertz CT molecular complexity index is 378. The number of nitrogens with zero attached hydrogens (tertiary/aromatic N) is 1. The van der Waals surface area contributed by atoms with Crippen molar-refractivity contribution in [2.75, 3.05) is 19.6 Å². The third kappa shape index (κ3) is 3.48. The Balaban J connectivity index is 1.96. The van der Waals surface area contributed by atoms with E-state index in [1.807, 2.05) is 17.0 Å². The molecule has 1 atom stereocenters. The molecule has 1 aliphatic heterocycles. The number of benzene rings is 1. The van der Waals surface area contributed by atoms with Crippen molar-refractivity contribution in [3.8, 4) is 0 Å². The molecule has 0 amide bonds. The zero-order valence-electron chi connectivity index (χ0n) is 9.88. The molecule has 5 heteroatoms. The number of alkyl halides is 4. The maximum atomic E-state index is 12.5. The highest BCUT2D eigenvalue weighted by Crippen LogP contribution is 2.27. The molecular formula is C13H15BrF3N. The van der Waals surface area contributed by atoms with E-state index in [9.17, 15) is 13.2 Å². The Labute approximate surface area is 113 Å². The van der Waals surface area contributed by atoms with Gasteiger partial charge in [0.15, 0.2) is 0 Å². The van der Waals surface area contributed by atoms with Crippen molar-refractivity contribution in [3.05, 3.63) is 35.4 Å². The van der Waals surface area contributed by atoms with Crippen LogP contribution in [0.25, 0.3) is 0 Å². The molecule has 0 spiro atoms. The molecule has 1 aromatic rings. The predicted molar refractivity (Wildman–Crippen MR) is 69.1 cm³/mol. The van der Waals surface area contributed by atoms with Crippen molar-refractivity contribution in [2.45, 2.75) is 23.8 Å². The van der Waals surface area contributed by atoms with Crippen LogP contribution in [0.4, 0.5) is 13.2 Å². The molecule has 0 radical (unpaired) electrons. The lowest BCUT2D eigenvalue weighted by atomic mass is 10.0. The van der Waals surface area contributed by atoms with Gasteiger partial charge in [0, 0.05) is 19.6 Å². The maximum Gasteiger partial charge on any atom is 0.402 e. The van der Waals surface area contributed by atoms with Crippen LogP contribution < -0.4 is 0 Å². The van der Waals surface area contributed by atoms with Crippen LogP contribution in [0.15, 0.2) is 24.3 Å². The summed E-state index contributed by atoms with van der Waals surface area (Å²) in [5.74, 6) is 0. The smallest absolute Gasteiger partial charge is 0.301 e. The van der Waals surface area contributed by atoms with Crippen LogP contribution in [-0.4, -0.2) is 35.5 Å². The first-order valence-corrected chi connectivity index (χ1v) is 6.88. The van der Waals surface area contributed by atoms with Gasteiger partial charge >= 0.3 is 6.18 Å². The molecule has 0 aromatic heterocycles. The van der Waals surface area contributed by atoms with Gasteiger partial charge in [0.1, 0.15) is 4.83 Å². The second-order valence-electron chi connectivity index (χ2n) is 4.58. The molecule has 0 fully saturated rings. The lowest BCUT2D eigenvalue weighted by Crippen LogP contribution is -2.38. The summed E-state index contributed by atoms with van der Waals surface area (Å²) < 4.78 is 37.5. The minimum Gasteiger partial charge on any atom is -0.301 e. The summed E-state index contributed by atoms with van der Waals surface area (Å²) in [6, 6.07) is 8.09. The van der Waals surface area contributed by atoms with Crippen LogP contribution in [0, 0.1) is 0 Å². The van der Waals surface area contributed by atoms with Crippen molar-refractivity contribution in [3.63, 3.8) is 0 Å². The molecule has 0 N–H and O–H groups in total. The van der Waals surface area contributed by atoms with Crippen LogP contribution in [-0.2, 0) is 12.8 Å². The van der Waals surface area contributed by atoms with E-state index in [0.29, 0.717) is 13.1 Å². The Morgan fingerprint density at radius 2 is 1.61 bits per heavy atom.